The summed E-state index contributed by atoms with van der Waals surface area (Å²) in [5.74, 6) is -1.21. The van der Waals surface area contributed by atoms with E-state index in [0.29, 0.717) is 5.02 Å². The molecule has 5 nitrogen and oxygen atoms in total. The van der Waals surface area contributed by atoms with Crippen molar-refractivity contribution in [3.05, 3.63) is 51.7 Å². The molecule has 0 aliphatic carbocycles. The zero-order valence-corrected chi connectivity index (χ0v) is 12.8. The van der Waals surface area contributed by atoms with E-state index < -0.39 is 12.0 Å². The number of thiophene rings is 1. The van der Waals surface area contributed by atoms with E-state index in [2.05, 4.69) is 5.32 Å². The van der Waals surface area contributed by atoms with Gasteiger partial charge >= 0.3 is 0 Å². The Morgan fingerprint density at radius 1 is 1.14 bits per heavy atom. The summed E-state index contributed by atoms with van der Waals surface area (Å²) in [7, 11) is 0. The molecule has 3 unspecified atom stereocenters. The van der Waals surface area contributed by atoms with E-state index in [9.17, 15) is 9.59 Å². The predicted octanol–water partition coefficient (Wildman–Crippen LogP) is 2.54. The van der Waals surface area contributed by atoms with Crippen molar-refractivity contribution in [1.29, 1.82) is 0 Å². The van der Waals surface area contributed by atoms with Gasteiger partial charge in [-0.3, -0.25) is 19.7 Å². The number of anilines is 1. The van der Waals surface area contributed by atoms with Gasteiger partial charge in [-0.25, -0.2) is 5.06 Å². The number of fused-ring (bicyclic) bond motifs is 1. The Balaban J connectivity index is 1.78. The lowest BCUT2D eigenvalue weighted by Crippen LogP contribution is -2.32. The van der Waals surface area contributed by atoms with Gasteiger partial charge in [-0.15, -0.1) is 11.3 Å². The van der Waals surface area contributed by atoms with Crippen LogP contribution in [0.5, 0.6) is 0 Å². The number of hydrogen-bond acceptors (Lipinski definition) is 5. The molecule has 0 radical (unpaired) electrons. The van der Waals surface area contributed by atoms with Crippen LogP contribution in [0.4, 0.5) is 5.69 Å². The van der Waals surface area contributed by atoms with Gasteiger partial charge in [0.15, 0.2) is 6.10 Å². The fourth-order valence-corrected chi connectivity index (χ4v) is 3.87. The quantitative estimate of drug-likeness (QED) is 0.857. The van der Waals surface area contributed by atoms with E-state index in [-0.39, 0.29) is 17.9 Å². The lowest BCUT2D eigenvalue weighted by atomic mass is 9.95. The van der Waals surface area contributed by atoms with Gasteiger partial charge in [0.05, 0.1) is 5.69 Å². The minimum Gasteiger partial charge on any atom is -0.294 e. The second kappa shape index (κ2) is 5.08. The fraction of sp³-hybridized carbons (Fsp3) is 0.200. The van der Waals surface area contributed by atoms with E-state index in [0.717, 1.165) is 10.6 Å². The van der Waals surface area contributed by atoms with Crippen molar-refractivity contribution < 1.29 is 14.4 Å². The summed E-state index contributed by atoms with van der Waals surface area (Å²) in [5, 5.41) is 6.55. The summed E-state index contributed by atoms with van der Waals surface area (Å²) in [6, 6.07) is 10.7. The first kappa shape index (κ1) is 13.8. The lowest BCUT2D eigenvalue weighted by Gasteiger charge is -2.26. The Morgan fingerprint density at radius 3 is 2.59 bits per heavy atom. The summed E-state index contributed by atoms with van der Waals surface area (Å²) in [5.41, 5.74) is 0.762. The molecular formula is C15H11ClN2O3S. The summed E-state index contributed by atoms with van der Waals surface area (Å²) in [6.07, 6.45) is -0.782. The molecule has 0 bridgehead atoms. The van der Waals surface area contributed by atoms with E-state index in [4.69, 9.17) is 16.4 Å². The van der Waals surface area contributed by atoms with Gasteiger partial charge in [0, 0.05) is 9.90 Å². The molecule has 2 aromatic rings. The van der Waals surface area contributed by atoms with Crippen molar-refractivity contribution >= 4 is 40.4 Å². The standard InChI is InChI=1S/C15H11ClN2O3S/c16-8-3-5-9(6-4-8)18-12(10-2-1-7-22-10)11-13(21-18)15(20)17-14(11)19/h1-7,11-13H,(H,17,19,20). The number of carbonyl (C=O) groups excluding carboxylic acids is 2. The van der Waals surface area contributed by atoms with Gasteiger partial charge in [0.1, 0.15) is 12.0 Å². The molecule has 1 aromatic heterocycles. The van der Waals surface area contributed by atoms with Crippen LogP contribution in [0.2, 0.25) is 5.02 Å². The Kier molecular flexibility index (Phi) is 3.18. The minimum atomic E-state index is -0.782. The SMILES string of the molecule is O=C1NC(=O)C2C1ON(c1ccc(Cl)cc1)C2c1cccs1. The average Bonchev–Trinajstić information content (AvgIpc) is 3.19. The van der Waals surface area contributed by atoms with Crippen LogP contribution in [-0.2, 0) is 14.4 Å². The molecule has 112 valence electrons. The summed E-state index contributed by atoms with van der Waals surface area (Å²) >= 11 is 7.46. The molecule has 2 amide bonds. The third-order valence-corrected chi connectivity index (χ3v) is 5.06. The molecule has 2 aliphatic rings. The second-order valence-electron chi connectivity index (χ2n) is 5.17. The van der Waals surface area contributed by atoms with Crippen LogP contribution < -0.4 is 10.4 Å². The first-order valence-corrected chi connectivity index (χ1v) is 8.00. The van der Waals surface area contributed by atoms with Crippen LogP contribution in [0.25, 0.3) is 0 Å². The lowest BCUT2D eigenvalue weighted by molar-refractivity contribution is -0.129. The van der Waals surface area contributed by atoms with Crippen LogP contribution in [-0.4, -0.2) is 17.9 Å². The number of imide groups is 1. The van der Waals surface area contributed by atoms with E-state index in [1.165, 1.54) is 11.3 Å². The molecule has 2 aliphatic heterocycles. The monoisotopic (exact) mass is 334 g/mol. The highest BCUT2D eigenvalue weighted by Gasteiger charge is 2.56. The molecule has 4 rings (SSSR count). The molecule has 22 heavy (non-hydrogen) atoms. The number of amides is 2. The van der Waals surface area contributed by atoms with Gasteiger partial charge in [-0.05, 0) is 35.7 Å². The molecule has 1 N–H and O–H groups in total. The smallest absolute Gasteiger partial charge is 0.259 e. The molecular weight excluding hydrogens is 324 g/mol. The van der Waals surface area contributed by atoms with Crippen LogP contribution in [0.15, 0.2) is 41.8 Å². The van der Waals surface area contributed by atoms with Crippen molar-refractivity contribution in [3.63, 3.8) is 0 Å². The number of carbonyl (C=O) groups is 2. The third kappa shape index (κ3) is 2.03. The fourth-order valence-electron chi connectivity index (χ4n) is 2.89. The molecule has 1 aromatic carbocycles. The van der Waals surface area contributed by atoms with Crippen molar-refractivity contribution in [2.45, 2.75) is 12.1 Å². The number of halogens is 1. The third-order valence-electron chi connectivity index (χ3n) is 3.87. The maximum atomic E-state index is 12.1. The number of benzene rings is 1. The molecule has 3 heterocycles. The van der Waals surface area contributed by atoms with Gasteiger partial charge in [0.2, 0.25) is 5.91 Å². The number of nitrogens with zero attached hydrogens (tertiary/aromatic N) is 1. The highest BCUT2D eigenvalue weighted by molar-refractivity contribution is 7.10. The zero-order chi connectivity index (χ0) is 15.3. The van der Waals surface area contributed by atoms with Crippen LogP contribution in [0, 0.1) is 5.92 Å². The summed E-state index contributed by atoms with van der Waals surface area (Å²) < 4.78 is 0. The van der Waals surface area contributed by atoms with E-state index in [1.54, 1.807) is 17.2 Å². The maximum absolute atomic E-state index is 12.1. The minimum absolute atomic E-state index is 0.287. The van der Waals surface area contributed by atoms with Gasteiger partial charge in [-0.2, -0.15) is 0 Å². The molecule has 0 spiro atoms. The normalized spacial score (nSPS) is 27.1. The second-order valence-corrected chi connectivity index (χ2v) is 6.58. The highest BCUT2D eigenvalue weighted by Crippen LogP contribution is 2.45. The zero-order valence-electron chi connectivity index (χ0n) is 11.2. The van der Waals surface area contributed by atoms with Crippen LogP contribution in [0.1, 0.15) is 10.9 Å². The van der Waals surface area contributed by atoms with E-state index >= 15 is 0 Å². The molecule has 7 heteroatoms. The topological polar surface area (TPSA) is 58.6 Å². The van der Waals surface area contributed by atoms with E-state index in [1.807, 2.05) is 29.6 Å². The van der Waals surface area contributed by atoms with Crippen molar-refractivity contribution in [1.82, 2.24) is 5.32 Å². The highest BCUT2D eigenvalue weighted by atomic mass is 35.5. The Hall–Kier alpha value is -1.89. The predicted molar refractivity (Wildman–Crippen MR) is 82.5 cm³/mol. The average molecular weight is 335 g/mol. The van der Waals surface area contributed by atoms with Gasteiger partial charge < -0.3 is 0 Å². The first-order valence-electron chi connectivity index (χ1n) is 6.75. The number of nitrogens with one attached hydrogen (secondary N) is 1. The Morgan fingerprint density at radius 2 is 1.91 bits per heavy atom. The first-order chi connectivity index (χ1) is 10.6. The number of hydrogen-bond donors (Lipinski definition) is 1. The van der Waals surface area contributed by atoms with Crippen molar-refractivity contribution in [2.75, 3.05) is 5.06 Å². The maximum Gasteiger partial charge on any atom is 0.259 e. The Bertz CT molecular complexity index is 732. The number of rotatable bonds is 2. The summed E-state index contributed by atoms with van der Waals surface area (Å²) in [6.45, 7) is 0. The molecule has 0 saturated carbocycles. The Labute approximate surface area is 135 Å². The van der Waals surface area contributed by atoms with Crippen LogP contribution >= 0.6 is 22.9 Å². The summed E-state index contributed by atoms with van der Waals surface area (Å²) in [4.78, 5) is 30.8. The van der Waals surface area contributed by atoms with Gasteiger partial charge in [-0.1, -0.05) is 17.7 Å². The van der Waals surface area contributed by atoms with Crippen molar-refractivity contribution in [2.24, 2.45) is 5.92 Å². The van der Waals surface area contributed by atoms with Crippen molar-refractivity contribution in [3.8, 4) is 0 Å². The largest absolute Gasteiger partial charge is 0.294 e. The number of hydroxylamine groups is 1. The molecule has 3 atom stereocenters. The van der Waals surface area contributed by atoms with Gasteiger partial charge in [0.25, 0.3) is 5.91 Å². The molecule has 2 saturated heterocycles. The molecule has 2 fully saturated rings. The van der Waals surface area contributed by atoms with Crippen LogP contribution in [0.3, 0.4) is 0 Å².